The number of fused-ring (bicyclic) bond motifs is 1. The van der Waals surface area contributed by atoms with Crippen molar-refractivity contribution in [1.29, 1.82) is 0 Å². The minimum Gasteiger partial charge on any atom is -0.441 e. The second kappa shape index (κ2) is 4.14. The summed E-state index contributed by atoms with van der Waals surface area (Å²) in [5.41, 5.74) is 8.61. The van der Waals surface area contributed by atoms with Crippen molar-refractivity contribution in [2.45, 2.75) is 19.9 Å². The topological polar surface area (TPSA) is 55.3 Å². The van der Waals surface area contributed by atoms with E-state index < -0.39 is 0 Å². The zero-order valence-electron chi connectivity index (χ0n) is 9.90. The summed E-state index contributed by atoms with van der Waals surface area (Å²) in [5, 5.41) is 0. The number of hydrogen-bond acceptors (Lipinski definition) is 4. The fourth-order valence-electron chi connectivity index (χ4n) is 1.81. The van der Waals surface area contributed by atoms with Crippen LogP contribution in [0, 0.1) is 6.92 Å². The summed E-state index contributed by atoms with van der Waals surface area (Å²) >= 11 is 0. The Morgan fingerprint density at radius 1 is 1.50 bits per heavy atom. The standard InChI is InChI=1S/C12H17N3O/c1-8(13)7-15(3)10-4-5-12-11(6-10)14-9(2)16-12/h4-6,8H,7,13H2,1-3H3. The Morgan fingerprint density at radius 2 is 2.25 bits per heavy atom. The van der Waals surface area contributed by atoms with E-state index in [2.05, 4.69) is 9.88 Å². The molecule has 1 atom stereocenters. The SMILES string of the molecule is Cc1nc2cc(N(C)CC(C)N)ccc2o1. The summed E-state index contributed by atoms with van der Waals surface area (Å²) in [5.74, 6) is 0.696. The molecule has 2 aromatic rings. The number of rotatable bonds is 3. The third kappa shape index (κ3) is 2.17. The average molecular weight is 219 g/mol. The van der Waals surface area contributed by atoms with Crippen LogP contribution in [0.25, 0.3) is 11.1 Å². The molecule has 0 radical (unpaired) electrons. The number of benzene rings is 1. The van der Waals surface area contributed by atoms with Gasteiger partial charge in [0.05, 0.1) is 0 Å². The highest BCUT2D eigenvalue weighted by molar-refractivity contribution is 5.77. The van der Waals surface area contributed by atoms with E-state index in [-0.39, 0.29) is 6.04 Å². The van der Waals surface area contributed by atoms with Crippen molar-refractivity contribution in [1.82, 2.24) is 4.98 Å². The normalized spacial score (nSPS) is 13.0. The lowest BCUT2D eigenvalue weighted by atomic mass is 10.2. The van der Waals surface area contributed by atoms with Crippen molar-refractivity contribution < 1.29 is 4.42 Å². The molecule has 16 heavy (non-hydrogen) atoms. The average Bonchev–Trinajstić information content (AvgIpc) is 2.55. The molecule has 0 spiro atoms. The van der Waals surface area contributed by atoms with Crippen LogP contribution >= 0.6 is 0 Å². The zero-order valence-corrected chi connectivity index (χ0v) is 9.90. The Kier molecular flexibility index (Phi) is 2.83. The summed E-state index contributed by atoms with van der Waals surface area (Å²) in [6, 6.07) is 6.14. The number of nitrogens with zero attached hydrogens (tertiary/aromatic N) is 2. The molecule has 2 N–H and O–H groups in total. The maximum Gasteiger partial charge on any atom is 0.192 e. The third-order valence-corrected chi connectivity index (χ3v) is 2.48. The predicted molar refractivity (Wildman–Crippen MR) is 65.7 cm³/mol. The molecule has 1 aromatic carbocycles. The monoisotopic (exact) mass is 219 g/mol. The molecule has 4 heteroatoms. The molecule has 2 rings (SSSR count). The second-order valence-corrected chi connectivity index (χ2v) is 4.24. The molecule has 0 saturated heterocycles. The van der Waals surface area contributed by atoms with E-state index in [1.54, 1.807) is 0 Å². The molecule has 0 amide bonds. The summed E-state index contributed by atoms with van der Waals surface area (Å²) in [6.45, 7) is 4.67. The van der Waals surface area contributed by atoms with Crippen LogP contribution in [0.3, 0.4) is 0 Å². The van der Waals surface area contributed by atoms with Gasteiger partial charge in [0.15, 0.2) is 11.5 Å². The van der Waals surface area contributed by atoms with E-state index in [1.807, 2.05) is 39.1 Å². The molecule has 4 nitrogen and oxygen atoms in total. The first kappa shape index (κ1) is 11.0. The second-order valence-electron chi connectivity index (χ2n) is 4.24. The van der Waals surface area contributed by atoms with Gasteiger partial charge < -0.3 is 15.1 Å². The van der Waals surface area contributed by atoms with Crippen molar-refractivity contribution in [3.05, 3.63) is 24.1 Å². The summed E-state index contributed by atoms with van der Waals surface area (Å²) < 4.78 is 5.43. The van der Waals surface area contributed by atoms with Crippen LogP contribution in [-0.2, 0) is 0 Å². The van der Waals surface area contributed by atoms with Crippen molar-refractivity contribution in [2.75, 3.05) is 18.5 Å². The smallest absolute Gasteiger partial charge is 0.192 e. The number of likely N-dealkylation sites (N-methyl/N-ethyl adjacent to an activating group) is 1. The summed E-state index contributed by atoms with van der Waals surface area (Å²) in [4.78, 5) is 6.43. The predicted octanol–water partition coefficient (Wildman–Crippen LogP) is 1.92. The Bertz CT molecular complexity index is 490. The molecular formula is C12H17N3O. The quantitative estimate of drug-likeness (QED) is 0.856. The molecule has 0 aliphatic carbocycles. The molecular weight excluding hydrogens is 202 g/mol. The minimum absolute atomic E-state index is 0.153. The molecule has 0 saturated carbocycles. The van der Waals surface area contributed by atoms with Gasteiger partial charge in [-0.15, -0.1) is 0 Å². The molecule has 1 unspecified atom stereocenters. The van der Waals surface area contributed by atoms with Crippen LogP contribution in [0.15, 0.2) is 22.6 Å². The van der Waals surface area contributed by atoms with Gasteiger partial charge in [0.1, 0.15) is 5.52 Å². The van der Waals surface area contributed by atoms with Crippen LogP contribution in [0.4, 0.5) is 5.69 Å². The molecule has 0 fully saturated rings. The number of anilines is 1. The molecule has 0 aliphatic rings. The van der Waals surface area contributed by atoms with E-state index in [1.165, 1.54) is 0 Å². The van der Waals surface area contributed by atoms with Crippen LogP contribution in [-0.4, -0.2) is 24.6 Å². The Hall–Kier alpha value is -1.55. The highest BCUT2D eigenvalue weighted by Gasteiger charge is 2.07. The third-order valence-electron chi connectivity index (χ3n) is 2.48. The molecule has 1 aromatic heterocycles. The largest absolute Gasteiger partial charge is 0.441 e. The minimum atomic E-state index is 0.153. The highest BCUT2D eigenvalue weighted by Crippen LogP contribution is 2.21. The van der Waals surface area contributed by atoms with Crippen LogP contribution in [0.5, 0.6) is 0 Å². The maximum absolute atomic E-state index is 5.77. The fourth-order valence-corrected chi connectivity index (χ4v) is 1.81. The first-order valence-electron chi connectivity index (χ1n) is 5.40. The van der Waals surface area contributed by atoms with Crippen LogP contribution in [0.1, 0.15) is 12.8 Å². The molecule has 0 bridgehead atoms. The van der Waals surface area contributed by atoms with Gasteiger partial charge in [0.25, 0.3) is 0 Å². The number of hydrogen-bond donors (Lipinski definition) is 1. The van der Waals surface area contributed by atoms with E-state index >= 15 is 0 Å². The number of nitrogens with two attached hydrogens (primary N) is 1. The van der Waals surface area contributed by atoms with Gasteiger partial charge in [0, 0.05) is 32.2 Å². The van der Waals surface area contributed by atoms with E-state index in [9.17, 15) is 0 Å². The van der Waals surface area contributed by atoms with Gasteiger partial charge in [-0.1, -0.05) is 0 Å². The van der Waals surface area contributed by atoms with Crippen LogP contribution < -0.4 is 10.6 Å². The first-order valence-corrected chi connectivity index (χ1v) is 5.40. The van der Waals surface area contributed by atoms with Gasteiger partial charge in [-0.3, -0.25) is 0 Å². The first-order chi connectivity index (χ1) is 7.56. The van der Waals surface area contributed by atoms with Gasteiger partial charge in [-0.2, -0.15) is 0 Å². The van der Waals surface area contributed by atoms with Gasteiger partial charge in [-0.05, 0) is 25.1 Å². The van der Waals surface area contributed by atoms with Crippen molar-refractivity contribution in [2.24, 2.45) is 5.73 Å². The highest BCUT2D eigenvalue weighted by atomic mass is 16.3. The lowest BCUT2D eigenvalue weighted by Gasteiger charge is -2.21. The summed E-state index contributed by atoms with van der Waals surface area (Å²) in [7, 11) is 2.03. The van der Waals surface area contributed by atoms with Crippen LogP contribution in [0.2, 0.25) is 0 Å². The van der Waals surface area contributed by atoms with Gasteiger partial charge in [-0.25, -0.2) is 4.98 Å². The fraction of sp³-hybridized carbons (Fsp3) is 0.417. The van der Waals surface area contributed by atoms with E-state index in [0.717, 1.165) is 23.3 Å². The molecule has 1 heterocycles. The van der Waals surface area contributed by atoms with E-state index in [0.29, 0.717) is 5.89 Å². The lowest BCUT2D eigenvalue weighted by Crippen LogP contribution is -2.32. The van der Waals surface area contributed by atoms with Gasteiger partial charge in [0.2, 0.25) is 0 Å². The number of oxazole rings is 1. The number of aryl methyl sites for hydroxylation is 1. The Labute approximate surface area is 95.1 Å². The lowest BCUT2D eigenvalue weighted by molar-refractivity contribution is 0.561. The number of aromatic nitrogens is 1. The van der Waals surface area contributed by atoms with Gasteiger partial charge >= 0.3 is 0 Å². The van der Waals surface area contributed by atoms with E-state index in [4.69, 9.17) is 10.2 Å². The van der Waals surface area contributed by atoms with Crippen molar-refractivity contribution in [3.8, 4) is 0 Å². The molecule has 0 aliphatic heterocycles. The Morgan fingerprint density at radius 3 is 2.94 bits per heavy atom. The van der Waals surface area contributed by atoms with Crippen molar-refractivity contribution >= 4 is 16.8 Å². The zero-order chi connectivity index (χ0) is 11.7. The molecule has 86 valence electrons. The Balaban J connectivity index is 2.31. The summed E-state index contributed by atoms with van der Waals surface area (Å²) in [6.07, 6.45) is 0. The van der Waals surface area contributed by atoms with Crippen molar-refractivity contribution in [3.63, 3.8) is 0 Å². The maximum atomic E-state index is 5.77.